The van der Waals surface area contributed by atoms with Crippen LogP contribution in [0.25, 0.3) is 11.3 Å². The summed E-state index contributed by atoms with van der Waals surface area (Å²) >= 11 is 12.7. The number of carbonyl (C=O) groups is 4. The summed E-state index contributed by atoms with van der Waals surface area (Å²) in [7, 11) is 5.95. The van der Waals surface area contributed by atoms with Gasteiger partial charge in [0.15, 0.2) is 6.10 Å². The Hall–Kier alpha value is -5.93. The van der Waals surface area contributed by atoms with Crippen LogP contribution in [0.5, 0.6) is 11.5 Å². The molecule has 7 rings (SSSR count). The second-order valence-corrected chi connectivity index (χ2v) is 17.7. The molecule has 1 aromatic heterocycles. The number of imidazole rings is 1. The molecule has 2 aliphatic heterocycles. The zero-order valence-electron chi connectivity index (χ0n) is 36.3. The van der Waals surface area contributed by atoms with Crippen molar-refractivity contribution in [3.8, 4) is 22.8 Å². The van der Waals surface area contributed by atoms with Crippen LogP contribution in [0, 0.1) is 0 Å². The van der Waals surface area contributed by atoms with Crippen molar-refractivity contribution >= 4 is 47.0 Å². The first kappa shape index (κ1) is 46.1. The predicted molar refractivity (Wildman–Crippen MR) is 244 cm³/mol. The third-order valence-corrected chi connectivity index (χ3v) is 12.2. The maximum atomic E-state index is 14.7. The van der Waals surface area contributed by atoms with E-state index in [4.69, 9.17) is 32.7 Å². The summed E-state index contributed by atoms with van der Waals surface area (Å²) in [5.74, 6) is -0.0986. The molecule has 0 aliphatic carbocycles. The second kappa shape index (κ2) is 20.3. The van der Waals surface area contributed by atoms with Gasteiger partial charge in [0.2, 0.25) is 11.8 Å². The molecule has 0 saturated carbocycles. The van der Waals surface area contributed by atoms with Gasteiger partial charge in [0, 0.05) is 47.7 Å². The number of benzene rings is 4. The number of cyclic esters (lactones) is 1. The van der Waals surface area contributed by atoms with Gasteiger partial charge in [-0.25, -0.2) is 9.78 Å². The van der Waals surface area contributed by atoms with Gasteiger partial charge in [0.05, 0.1) is 37.1 Å². The minimum Gasteiger partial charge on any atom is -0.457 e. The molecule has 4 amide bonds. The van der Waals surface area contributed by atoms with Crippen LogP contribution < -0.4 is 15.4 Å². The van der Waals surface area contributed by atoms with Crippen molar-refractivity contribution in [3.63, 3.8) is 0 Å². The van der Waals surface area contributed by atoms with E-state index in [0.717, 1.165) is 28.2 Å². The fraction of sp³-hybridized carbons (Fsp3) is 0.354. The first-order valence-electron chi connectivity index (χ1n) is 21.2. The Bertz CT molecular complexity index is 2450. The quantitative estimate of drug-likeness (QED) is 0.129. The van der Waals surface area contributed by atoms with Gasteiger partial charge in [-0.1, -0.05) is 71.7 Å². The van der Waals surface area contributed by atoms with Gasteiger partial charge in [-0.15, -0.1) is 0 Å². The standard InChI is InChI=1S/C48H53Cl2N7O7/c1-31-44(59)52-39(29-58)45(60)53-48(25-33-11-16-36(49)17-12-33)21-8-22-56(30-48)46(61)42(23-32-9-6-5-7-10-32)64-47(62)57(31)27-35-13-18-37(50)24-41(35)63-38-19-14-34(15-20-38)40-26-51-43(55(40)4)28-54(2)3/h5-7,9-20,24,26,31,39,42,58H,8,21-23,25,27-30H2,1-4H3,(H,52,59)(H,53,60)/t31-,39-,42-,48+/m0/s1. The summed E-state index contributed by atoms with van der Waals surface area (Å²) in [6.07, 6.45) is 1.00. The number of aromatic nitrogens is 2. The van der Waals surface area contributed by atoms with E-state index in [-0.39, 0.29) is 19.5 Å². The highest BCUT2D eigenvalue weighted by Crippen LogP contribution is 2.33. The molecule has 14 nitrogen and oxygen atoms in total. The second-order valence-electron chi connectivity index (χ2n) is 16.8. The lowest BCUT2D eigenvalue weighted by molar-refractivity contribution is -0.145. The number of halogens is 2. The highest BCUT2D eigenvalue weighted by atomic mass is 35.5. The molecule has 64 heavy (non-hydrogen) atoms. The average molecular weight is 911 g/mol. The van der Waals surface area contributed by atoms with E-state index in [1.54, 1.807) is 35.2 Å². The third-order valence-electron chi connectivity index (χ3n) is 11.7. The van der Waals surface area contributed by atoms with E-state index in [0.29, 0.717) is 59.5 Å². The Kier molecular flexibility index (Phi) is 14.6. The predicted octanol–water partition coefficient (Wildman–Crippen LogP) is 6.40. The average Bonchev–Trinajstić information content (AvgIpc) is 3.63. The normalized spacial score (nSPS) is 21.0. The molecule has 2 bridgehead atoms. The van der Waals surface area contributed by atoms with Crippen LogP contribution in [0.2, 0.25) is 10.0 Å². The topological polar surface area (TPSA) is 159 Å². The SMILES string of the molecule is C[C@H]1C(=O)N[C@@H](CO)C(=O)N[C@@]2(Cc3ccc(Cl)cc3)CCCN(C2)C(=O)[C@H](Cc2ccccc2)OC(=O)N1Cc1ccc(Cl)cc1Oc1ccc(-c2cnc(CN(C)C)n2C)cc1. The number of fused-ring (bicyclic) bond motifs is 2. The Morgan fingerprint density at radius 3 is 2.34 bits per heavy atom. The smallest absolute Gasteiger partial charge is 0.411 e. The molecule has 0 unspecified atom stereocenters. The van der Waals surface area contributed by atoms with E-state index in [1.165, 1.54) is 11.8 Å². The molecule has 2 fully saturated rings. The lowest BCUT2D eigenvalue weighted by Crippen LogP contribution is -2.66. The third kappa shape index (κ3) is 11.0. The first-order valence-corrected chi connectivity index (χ1v) is 22.0. The number of aliphatic hydroxyl groups is 1. The fourth-order valence-electron chi connectivity index (χ4n) is 8.24. The highest BCUT2D eigenvalue weighted by Gasteiger charge is 2.43. The number of amides is 4. The van der Waals surface area contributed by atoms with Crippen molar-refractivity contribution in [3.05, 3.63) is 136 Å². The van der Waals surface area contributed by atoms with Crippen LogP contribution in [0.4, 0.5) is 4.79 Å². The molecule has 3 N–H and O–H groups in total. The van der Waals surface area contributed by atoms with Gasteiger partial charge in [-0.3, -0.25) is 19.3 Å². The van der Waals surface area contributed by atoms with Crippen molar-refractivity contribution in [1.82, 2.24) is 34.9 Å². The van der Waals surface area contributed by atoms with Gasteiger partial charge in [0.1, 0.15) is 29.4 Å². The van der Waals surface area contributed by atoms with Crippen LogP contribution in [0.3, 0.4) is 0 Å². The molecule has 2 aliphatic rings. The van der Waals surface area contributed by atoms with E-state index in [2.05, 4.69) is 15.6 Å². The molecule has 0 radical (unpaired) electrons. The van der Waals surface area contributed by atoms with E-state index in [9.17, 15) is 24.3 Å². The molecule has 5 aromatic rings. The number of hydrogen-bond acceptors (Lipinski definition) is 9. The molecule has 4 aromatic carbocycles. The van der Waals surface area contributed by atoms with Gasteiger partial charge in [-0.05, 0) is 99.9 Å². The summed E-state index contributed by atoms with van der Waals surface area (Å²) in [4.78, 5) is 67.1. The van der Waals surface area contributed by atoms with Crippen LogP contribution in [0.15, 0.2) is 103 Å². The van der Waals surface area contributed by atoms with Crippen molar-refractivity contribution in [2.75, 3.05) is 33.8 Å². The number of ether oxygens (including phenoxy) is 2. The molecule has 4 atom stereocenters. The number of nitrogens with zero attached hydrogens (tertiary/aromatic N) is 5. The van der Waals surface area contributed by atoms with E-state index < -0.39 is 54.1 Å². The van der Waals surface area contributed by atoms with Crippen molar-refractivity contribution in [2.45, 2.75) is 69.4 Å². The van der Waals surface area contributed by atoms with Crippen molar-refractivity contribution in [1.29, 1.82) is 0 Å². The number of rotatable bonds is 12. The number of nitrogens with one attached hydrogen (secondary N) is 2. The Balaban J connectivity index is 1.20. The Morgan fingerprint density at radius 2 is 1.64 bits per heavy atom. The summed E-state index contributed by atoms with van der Waals surface area (Å²) in [5.41, 5.74) is 2.96. The molecular formula is C48H53Cl2N7O7. The van der Waals surface area contributed by atoms with Crippen molar-refractivity contribution < 1.29 is 33.8 Å². The number of hydrogen-bond donors (Lipinski definition) is 3. The van der Waals surface area contributed by atoms with Gasteiger partial charge in [-0.2, -0.15) is 0 Å². The molecule has 3 heterocycles. The monoisotopic (exact) mass is 909 g/mol. The van der Waals surface area contributed by atoms with Crippen LogP contribution in [0.1, 0.15) is 42.3 Å². The summed E-state index contributed by atoms with van der Waals surface area (Å²) in [5, 5.41) is 17.2. The Morgan fingerprint density at radius 1 is 0.922 bits per heavy atom. The van der Waals surface area contributed by atoms with Crippen molar-refractivity contribution in [2.24, 2.45) is 7.05 Å². The molecule has 336 valence electrons. The largest absolute Gasteiger partial charge is 0.457 e. The number of aliphatic hydroxyl groups excluding tert-OH is 1. The minimum atomic E-state index is -1.38. The number of carbonyl (C=O) groups excluding carboxylic acids is 4. The van der Waals surface area contributed by atoms with Gasteiger partial charge < -0.3 is 39.6 Å². The van der Waals surface area contributed by atoms with Crippen LogP contribution in [-0.2, 0) is 52.1 Å². The number of piperidine rings is 1. The first-order chi connectivity index (χ1) is 30.7. The molecule has 16 heteroatoms. The van der Waals surface area contributed by atoms with E-state index in [1.807, 2.05) is 104 Å². The summed E-state index contributed by atoms with van der Waals surface area (Å²) < 4.78 is 14.6. The highest BCUT2D eigenvalue weighted by molar-refractivity contribution is 6.31. The Labute approximate surface area is 383 Å². The molecule has 2 saturated heterocycles. The van der Waals surface area contributed by atoms with Gasteiger partial charge in [0.25, 0.3) is 5.91 Å². The lowest BCUT2D eigenvalue weighted by atomic mass is 9.82. The zero-order valence-corrected chi connectivity index (χ0v) is 37.8. The minimum absolute atomic E-state index is 0.0561. The molecular weight excluding hydrogens is 857 g/mol. The summed E-state index contributed by atoms with van der Waals surface area (Å²) in [6.45, 7) is 1.66. The maximum Gasteiger partial charge on any atom is 0.411 e. The maximum absolute atomic E-state index is 14.7. The molecule has 0 spiro atoms. The van der Waals surface area contributed by atoms with Crippen LogP contribution in [-0.4, -0.2) is 111 Å². The van der Waals surface area contributed by atoms with Gasteiger partial charge >= 0.3 is 6.09 Å². The summed E-state index contributed by atoms with van der Waals surface area (Å²) in [6, 6.07) is 26.2. The lowest BCUT2D eigenvalue weighted by Gasteiger charge is -2.45. The van der Waals surface area contributed by atoms with Crippen LogP contribution >= 0.6 is 23.2 Å². The fourth-order valence-corrected chi connectivity index (χ4v) is 8.53. The zero-order chi connectivity index (χ0) is 45.5. The van der Waals surface area contributed by atoms with E-state index >= 15 is 0 Å².